The quantitative estimate of drug-likeness (QED) is 0.733. The fourth-order valence-electron chi connectivity index (χ4n) is 2.69. The number of rotatable bonds is 5. The van der Waals surface area contributed by atoms with Crippen molar-refractivity contribution in [1.82, 2.24) is 20.6 Å². The molecule has 0 bridgehead atoms. The average Bonchev–Trinajstić information content (AvgIpc) is 3.01. The van der Waals surface area contributed by atoms with E-state index < -0.39 is 0 Å². The second kappa shape index (κ2) is 6.70. The molecule has 3 N–H and O–H groups in total. The van der Waals surface area contributed by atoms with Crippen LogP contribution in [0.4, 0.5) is 4.39 Å². The molecule has 1 atom stereocenters. The first kappa shape index (κ1) is 14.7. The zero-order chi connectivity index (χ0) is 15.4. The lowest BCUT2D eigenvalue weighted by Crippen LogP contribution is -2.41. The number of hydrogen-bond donors (Lipinski definition) is 3. The molecule has 3 rings (SSSR count). The number of aromatic nitrogens is 2. The molecule has 1 amide bonds. The van der Waals surface area contributed by atoms with Crippen LogP contribution in [0.3, 0.4) is 0 Å². The Labute approximate surface area is 128 Å². The van der Waals surface area contributed by atoms with E-state index in [4.69, 9.17) is 0 Å². The van der Waals surface area contributed by atoms with Crippen molar-refractivity contribution >= 4 is 5.91 Å². The van der Waals surface area contributed by atoms with Gasteiger partial charge in [-0.25, -0.2) is 9.37 Å². The normalized spacial score (nSPS) is 17.0. The van der Waals surface area contributed by atoms with Gasteiger partial charge in [0.15, 0.2) is 0 Å². The summed E-state index contributed by atoms with van der Waals surface area (Å²) >= 11 is 0. The van der Waals surface area contributed by atoms with Crippen molar-refractivity contribution in [2.75, 3.05) is 13.1 Å². The summed E-state index contributed by atoms with van der Waals surface area (Å²) in [6.45, 7) is 1.36. The van der Waals surface area contributed by atoms with Gasteiger partial charge in [-0.15, -0.1) is 0 Å². The van der Waals surface area contributed by atoms with E-state index in [0.717, 1.165) is 42.8 Å². The summed E-state index contributed by atoms with van der Waals surface area (Å²) in [6.07, 6.45) is 4.12. The number of carbonyl (C=O) groups excluding carboxylic acids is 1. The minimum atomic E-state index is -0.374. The van der Waals surface area contributed by atoms with Gasteiger partial charge in [0.2, 0.25) is 5.91 Å². The molecule has 1 aliphatic heterocycles. The molecule has 0 saturated carbocycles. The largest absolute Gasteiger partial charge is 0.354 e. The monoisotopic (exact) mass is 302 g/mol. The van der Waals surface area contributed by atoms with Crippen molar-refractivity contribution in [3.8, 4) is 0 Å². The Morgan fingerprint density at radius 2 is 2.18 bits per heavy atom. The number of H-pyrrole nitrogens is 1. The third-order valence-corrected chi connectivity index (χ3v) is 3.87. The molecule has 0 spiro atoms. The number of aromatic amines is 1. The zero-order valence-electron chi connectivity index (χ0n) is 12.2. The summed E-state index contributed by atoms with van der Waals surface area (Å²) in [5.41, 5.74) is 2.90. The molecule has 0 radical (unpaired) electrons. The van der Waals surface area contributed by atoms with Crippen molar-refractivity contribution in [2.45, 2.75) is 25.3 Å². The molecular formula is C16H19FN4O. The third kappa shape index (κ3) is 3.33. The molecule has 1 aromatic heterocycles. The Morgan fingerprint density at radius 1 is 1.36 bits per heavy atom. The SMILES string of the molecule is O=C(NCCCc1ccc(F)cc1)C1NCCc2[nH]cnc21. The molecule has 2 heterocycles. The standard InChI is InChI=1S/C16H19FN4O/c17-12-5-3-11(4-6-12)2-1-8-19-16(22)15-14-13(7-9-18-15)20-10-21-14/h3-6,10,15,18H,1-2,7-9H2,(H,19,22)(H,20,21). The third-order valence-electron chi connectivity index (χ3n) is 3.87. The zero-order valence-corrected chi connectivity index (χ0v) is 12.2. The number of fused-ring (bicyclic) bond motifs is 1. The van der Waals surface area contributed by atoms with Crippen LogP contribution in [-0.4, -0.2) is 29.0 Å². The highest BCUT2D eigenvalue weighted by atomic mass is 19.1. The molecule has 5 nitrogen and oxygen atoms in total. The van der Waals surface area contributed by atoms with Gasteiger partial charge < -0.3 is 15.6 Å². The molecular weight excluding hydrogens is 283 g/mol. The van der Waals surface area contributed by atoms with Gasteiger partial charge in [0.05, 0.1) is 12.0 Å². The number of imidazole rings is 1. The van der Waals surface area contributed by atoms with Gasteiger partial charge in [0, 0.05) is 25.2 Å². The second-order valence-electron chi connectivity index (χ2n) is 5.42. The van der Waals surface area contributed by atoms with Crippen LogP contribution in [0.15, 0.2) is 30.6 Å². The van der Waals surface area contributed by atoms with Gasteiger partial charge in [0.25, 0.3) is 0 Å². The van der Waals surface area contributed by atoms with Crippen LogP contribution in [0, 0.1) is 5.82 Å². The number of aryl methyl sites for hydroxylation is 1. The molecule has 1 aromatic carbocycles. The summed E-state index contributed by atoms with van der Waals surface area (Å²) < 4.78 is 12.8. The van der Waals surface area contributed by atoms with Gasteiger partial charge >= 0.3 is 0 Å². The minimum absolute atomic E-state index is 0.0489. The summed E-state index contributed by atoms with van der Waals surface area (Å²) in [7, 11) is 0. The number of benzene rings is 1. The van der Waals surface area contributed by atoms with E-state index in [0.29, 0.717) is 6.54 Å². The summed E-state index contributed by atoms with van der Waals surface area (Å²) in [5.74, 6) is -0.276. The Kier molecular flexibility index (Phi) is 4.48. The van der Waals surface area contributed by atoms with Crippen molar-refractivity contribution in [3.05, 3.63) is 53.4 Å². The first-order chi connectivity index (χ1) is 10.7. The van der Waals surface area contributed by atoms with Gasteiger partial charge in [-0.3, -0.25) is 4.79 Å². The maximum absolute atomic E-state index is 12.8. The highest BCUT2D eigenvalue weighted by Gasteiger charge is 2.27. The Bertz CT molecular complexity index is 638. The van der Waals surface area contributed by atoms with Crippen LogP contribution >= 0.6 is 0 Å². The van der Waals surface area contributed by atoms with Crippen LogP contribution < -0.4 is 10.6 Å². The summed E-state index contributed by atoms with van der Waals surface area (Å²) in [5, 5.41) is 6.13. The van der Waals surface area contributed by atoms with Crippen molar-refractivity contribution in [1.29, 1.82) is 0 Å². The Balaban J connectivity index is 1.46. The maximum atomic E-state index is 12.8. The average molecular weight is 302 g/mol. The van der Waals surface area contributed by atoms with E-state index in [2.05, 4.69) is 20.6 Å². The lowest BCUT2D eigenvalue weighted by atomic mass is 10.0. The molecule has 0 aliphatic carbocycles. The molecule has 6 heteroatoms. The van der Waals surface area contributed by atoms with E-state index >= 15 is 0 Å². The fourth-order valence-corrected chi connectivity index (χ4v) is 2.69. The van der Waals surface area contributed by atoms with E-state index in [1.54, 1.807) is 18.5 Å². The second-order valence-corrected chi connectivity index (χ2v) is 5.42. The fraction of sp³-hybridized carbons (Fsp3) is 0.375. The number of nitrogens with zero attached hydrogens (tertiary/aromatic N) is 1. The summed E-state index contributed by atoms with van der Waals surface area (Å²) in [6, 6.07) is 6.09. The van der Waals surface area contributed by atoms with Crippen molar-refractivity contribution in [3.63, 3.8) is 0 Å². The minimum Gasteiger partial charge on any atom is -0.354 e. The smallest absolute Gasteiger partial charge is 0.243 e. The lowest BCUT2D eigenvalue weighted by Gasteiger charge is -2.22. The number of nitrogens with one attached hydrogen (secondary N) is 3. The number of hydrogen-bond acceptors (Lipinski definition) is 3. The van der Waals surface area contributed by atoms with Crippen LogP contribution in [0.1, 0.15) is 29.4 Å². The van der Waals surface area contributed by atoms with Crippen molar-refractivity contribution < 1.29 is 9.18 Å². The molecule has 116 valence electrons. The number of carbonyl (C=O) groups is 1. The molecule has 0 saturated heterocycles. The van der Waals surface area contributed by atoms with Crippen LogP contribution in [-0.2, 0) is 17.6 Å². The number of amides is 1. The predicted molar refractivity (Wildman–Crippen MR) is 80.8 cm³/mol. The topological polar surface area (TPSA) is 69.8 Å². The molecule has 1 unspecified atom stereocenters. The molecule has 2 aromatic rings. The predicted octanol–water partition coefficient (Wildman–Crippen LogP) is 1.48. The van der Waals surface area contributed by atoms with Gasteiger partial charge in [-0.1, -0.05) is 12.1 Å². The number of halogens is 1. The van der Waals surface area contributed by atoms with E-state index in [1.807, 2.05) is 0 Å². The molecule has 0 fully saturated rings. The Morgan fingerprint density at radius 3 is 3.00 bits per heavy atom. The maximum Gasteiger partial charge on any atom is 0.243 e. The van der Waals surface area contributed by atoms with Gasteiger partial charge in [-0.2, -0.15) is 0 Å². The van der Waals surface area contributed by atoms with Crippen LogP contribution in [0.2, 0.25) is 0 Å². The van der Waals surface area contributed by atoms with E-state index in [-0.39, 0.29) is 17.8 Å². The Hall–Kier alpha value is -2.21. The van der Waals surface area contributed by atoms with Gasteiger partial charge in [0.1, 0.15) is 11.9 Å². The summed E-state index contributed by atoms with van der Waals surface area (Å²) in [4.78, 5) is 19.5. The van der Waals surface area contributed by atoms with E-state index in [9.17, 15) is 9.18 Å². The van der Waals surface area contributed by atoms with Gasteiger partial charge in [-0.05, 0) is 30.5 Å². The van der Waals surface area contributed by atoms with Crippen LogP contribution in [0.25, 0.3) is 0 Å². The first-order valence-corrected chi connectivity index (χ1v) is 7.52. The molecule has 1 aliphatic rings. The molecule has 22 heavy (non-hydrogen) atoms. The first-order valence-electron chi connectivity index (χ1n) is 7.52. The highest BCUT2D eigenvalue weighted by molar-refractivity contribution is 5.83. The van der Waals surface area contributed by atoms with Crippen LogP contribution in [0.5, 0.6) is 0 Å². The highest BCUT2D eigenvalue weighted by Crippen LogP contribution is 2.19. The lowest BCUT2D eigenvalue weighted by molar-refractivity contribution is -0.123. The van der Waals surface area contributed by atoms with E-state index in [1.165, 1.54) is 12.1 Å². The van der Waals surface area contributed by atoms with Crippen molar-refractivity contribution in [2.24, 2.45) is 0 Å².